The van der Waals surface area contributed by atoms with E-state index in [1.165, 1.54) is 0 Å². The molecule has 0 radical (unpaired) electrons. The maximum Gasteiger partial charge on any atom is 0.119 e. The van der Waals surface area contributed by atoms with E-state index in [0.29, 0.717) is 6.54 Å². The molecule has 2 rings (SSSR count). The van der Waals surface area contributed by atoms with E-state index >= 15 is 0 Å². The summed E-state index contributed by atoms with van der Waals surface area (Å²) in [5.41, 5.74) is 7.53. The van der Waals surface area contributed by atoms with Crippen molar-refractivity contribution in [2.24, 2.45) is 5.73 Å². The predicted octanol–water partition coefficient (Wildman–Crippen LogP) is 2.10. The molecular formula is C11H12BrN3O. The fraction of sp³-hybridized carbons (Fsp3) is 0.182. The smallest absolute Gasteiger partial charge is 0.119 e. The monoisotopic (exact) mass is 281 g/mol. The minimum absolute atomic E-state index is 0.469. The van der Waals surface area contributed by atoms with Gasteiger partial charge in [-0.3, -0.25) is 0 Å². The molecule has 0 saturated carbocycles. The van der Waals surface area contributed by atoms with E-state index in [0.717, 1.165) is 21.6 Å². The highest BCUT2D eigenvalue weighted by Crippen LogP contribution is 2.21. The molecule has 1 aromatic heterocycles. The minimum atomic E-state index is 0.469. The van der Waals surface area contributed by atoms with Crippen molar-refractivity contribution in [2.45, 2.75) is 6.54 Å². The van der Waals surface area contributed by atoms with Gasteiger partial charge in [-0.1, -0.05) is 0 Å². The molecule has 0 amide bonds. The van der Waals surface area contributed by atoms with E-state index < -0.39 is 0 Å². The van der Waals surface area contributed by atoms with Crippen LogP contribution in [0.4, 0.5) is 0 Å². The summed E-state index contributed by atoms with van der Waals surface area (Å²) in [5.74, 6) is 0.825. The summed E-state index contributed by atoms with van der Waals surface area (Å²) in [6.07, 6.45) is 1.76. The van der Waals surface area contributed by atoms with Gasteiger partial charge in [0.25, 0.3) is 0 Å². The van der Waals surface area contributed by atoms with Crippen LogP contribution in [0.2, 0.25) is 0 Å². The lowest BCUT2D eigenvalue weighted by Crippen LogP contribution is -1.99. The van der Waals surface area contributed by atoms with Crippen molar-refractivity contribution in [3.8, 4) is 11.4 Å². The van der Waals surface area contributed by atoms with Crippen molar-refractivity contribution in [2.75, 3.05) is 7.11 Å². The Kier molecular flexibility index (Phi) is 3.26. The second-order valence-electron chi connectivity index (χ2n) is 3.27. The Morgan fingerprint density at radius 1 is 1.38 bits per heavy atom. The van der Waals surface area contributed by atoms with Gasteiger partial charge in [0.1, 0.15) is 10.4 Å². The van der Waals surface area contributed by atoms with Crippen molar-refractivity contribution in [3.63, 3.8) is 0 Å². The van der Waals surface area contributed by atoms with Gasteiger partial charge in [0.15, 0.2) is 0 Å². The Morgan fingerprint density at radius 2 is 2.06 bits per heavy atom. The van der Waals surface area contributed by atoms with Crippen LogP contribution in [0, 0.1) is 0 Å². The van der Waals surface area contributed by atoms with Gasteiger partial charge < -0.3 is 10.5 Å². The number of nitrogens with two attached hydrogens (primary N) is 1. The Labute approximate surface area is 102 Å². The third kappa shape index (κ3) is 1.96. The van der Waals surface area contributed by atoms with Gasteiger partial charge in [0.05, 0.1) is 19.0 Å². The van der Waals surface area contributed by atoms with Gasteiger partial charge in [-0.2, -0.15) is 5.10 Å². The van der Waals surface area contributed by atoms with E-state index in [9.17, 15) is 0 Å². The second kappa shape index (κ2) is 4.67. The fourth-order valence-corrected chi connectivity index (χ4v) is 1.97. The Hall–Kier alpha value is -1.33. The van der Waals surface area contributed by atoms with Crippen LogP contribution >= 0.6 is 15.9 Å². The SMILES string of the molecule is COc1ccc(-n2ncc(CN)c2Br)cc1. The molecule has 2 N–H and O–H groups in total. The summed E-state index contributed by atoms with van der Waals surface area (Å²) in [6, 6.07) is 7.67. The zero-order valence-corrected chi connectivity index (χ0v) is 10.4. The molecular weight excluding hydrogens is 270 g/mol. The van der Waals surface area contributed by atoms with Crippen LogP contribution in [-0.4, -0.2) is 16.9 Å². The number of hydrogen-bond donors (Lipinski definition) is 1. The summed E-state index contributed by atoms with van der Waals surface area (Å²) in [7, 11) is 1.64. The molecule has 0 aliphatic carbocycles. The minimum Gasteiger partial charge on any atom is -0.497 e. The lowest BCUT2D eigenvalue weighted by molar-refractivity contribution is 0.414. The summed E-state index contributed by atoms with van der Waals surface area (Å²) >= 11 is 3.47. The quantitative estimate of drug-likeness (QED) is 0.938. The average Bonchev–Trinajstić information content (AvgIpc) is 2.70. The van der Waals surface area contributed by atoms with Crippen LogP contribution in [0.25, 0.3) is 5.69 Å². The van der Waals surface area contributed by atoms with Crippen molar-refractivity contribution >= 4 is 15.9 Å². The van der Waals surface area contributed by atoms with E-state index in [4.69, 9.17) is 10.5 Å². The molecule has 0 spiro atoms. The summed E-state index contributed by atoms with van der Waals surface area (Å²) < 4.78 is 7.78. The molecule has 1 aromatic carbocycles. The number of hydrogen-bond acceptors (Lipinski definition) is 3. The molecule has 0 bridgehead atoms. The van der Waals surface area contributed by atoms with Gasteiger partial charge in [-0.05, 0) is 40.2 Å². The standard InChI is InChI=1S/C11H12BrN3O/c1-16-10-4-2-9(3-5-10)15-11(12)8(6-13)7-14-15/h2-5,7H,6,13H2,1H3. The number of benzene rings is 1. The van der Waals surface area contributed by atoms with Crippen LogP contribution in [0.1, 0.15) is 5.56 Å². The van der Waals surface area contributed by atoms with Crippen molar-refractivity contribution < 1.29 is 4.74 Å². The third-order valence-corrected chi connectivity index (χ3v) is 3.16. The first-order chi connectivity index (χ1) is 7.76. The molecule has 1 heterocycles. The Balaban J connectivity index is 2.38. The van der Waals surface area contributed by atoms with Gasteiger partial charge >= 0.3 is 0 Å². The van der Waals surface area contributed by atoms with Crippen molar-refractivity contribution in [3.05, 3.63) is 40.6 Å². The number of ether oxygens (including phenoxy) is 1. The molecule has 2 aromatic rings. The molecule has 84 valence electrons. The highest BCUT2D eigenvalue weighted by molar-refractivity contribution is 9.10. The molecule has 0 aliphatic rings. The molecule has 5 heteroatoms. The van der Waals surface area contributed by atoms with Gasteiger partial charge in [-0.15, -0.1) is 0 Å². The van der Waals surface area contributed by atoms with E-state index in [1.54, 1.807) is 18.0 Å². The molecule has 0 atom stereocenters. The second-order valence-corrected chi connectivity index (χ2v) is 4.03. The highest BCUT2D eigenvalue weighted by Gasteiger charge is 2.07. The maximum atomic E-state index is 5.58. The summed E-state index contributed by atoms with van der Waals surface area (Å²) in [4.78, 5) is 0. The largest absolute Gasteiger partial charge is 0.497 e. The van der Waals surface area contributed by atoms with E-state index in [2.05, 4.69) is 21.0 Å². The number of rotatable bonds is 3. The van der Waals surface area contributed by atoms with Gasteiger partial charge in [0, 0.05) is 12.1 Å². The average molecular weight is 282 g/mol. The molecule has 0 saturated heterocycles. The van der Waals surface area contributed by atoms with Gasteiger partial charge in [-0.25, -0.2) is 4.68 Å². The van der Waals surface area contributed by atoms with Crippen molar-refractivity contribution in [1.29, 1.82) is 0 Å². The van der Waals surface area contributed by atoms with Crippen LogP contribution in [0.5, 0.6) is 5.75 Å². The Bertz CT molecular complexity index is 478. The third-order valence-electron chi connectivity index (χ3n) is 2.32. The summed E-state index contributed by atoms with van der Waals surface area (Å²) in [5, 5.41) is 4.26. The zero-order valence-electron chi connectivity index (χ0n) is 8.85. The zero-order chi connectivity index (χ0) is 11.5. The number of halogens is 1. The number of nitrogens with zero attached hydrogens (tertiary/aromatic N) is 2. The Morgan fingerprint density at radius 3 is 2.56 bits per heavy atom. The van der Waals surface area contributed by atoms with Crippen molar-refractivity contribution in [1.82, 2.24) is 9.78 Å². The first-order valence-electron chi connectivity index (χ1n) is 4.83. The van der Waals surface area contributed by atoms with Crippen LogP contribution in [0.3, 0.4) is 0 Å². The summed E-state index contributed by atoms with van der Waals surface area (Å²) in [6.45, 7) is 0.469. The first kappa shape index (κ1) is 11.2. The number of methoxy groups -OCH3 is 1. The lowest BCUT2D eigenvalue weighted by atomic mass is 10.3. The highest BCUT2D eigenvalue weighted by atomic mass is 79.9. The number of aromatic nitrogens is 2. The molecule has 0 fully saturated rings. The normalized spacial score (nSPS) is 10.4. The van der Waals surface area contributed by atoms with E-state index in [1.807, 2.05) is 24.3 Å². The lowest BCUT2D eigenvalue weighted by Gasteiger charge is -2.05. The topological polar surface area (TPSA) is 53.1 Å². The maximum absolute atomic E-state index is 5.58. The molecule has 4 nitrogen and oxygen atoms in total. The van der Waals surface area contributed by atoms with Crippen LogP contribution in [0.15, 0.2) is 35.1 Å². The molecule has 16 heavy (non-hydrogen) atoms. The predicted molar refractivity (Wildman–Crippen MR) is 65.7 cm³/mol. The first-order valence-corrected chi connectivity index (χ1v) is 5.62. The van der Waals surface area contributed by atoms with Gasteiger partial charge in [0.2, 0.25) is 0 Å². The van der Waals surface area contributed by atoms with Crippen LogP contribution in [-0.2, 0) is 6.54 Å². The fourth-order valence-electron chi connectivity index (χ4n) is 1.41. The van der Waals surface area contributed by atoms with E-state index in [-0.39, 0.29) is 0 Å². The van der Waals surface area contributed by atoms with Crippen LogP contribution < -0.4 is 10.5 Å². The molecule has 0 unspecified atom stereocenters. The molecule has 0 aliphatic heterocycles.